The van der Waals surface area contributed by atoms with Crippen LogP contribution in [0.15, 0.2) is 27.6 Å². The van der Waals surface area contributed by atoms with Crippen molar-refractivity contribution < 1.29 is 8.42 Å². The number of hydrogen-bond donors (Lipinski definition) is 1. The zero-order valence-corrected chi connectivity index (χ0v) is 14.5. The van der Waals surface area contributed by atoms with Gasteiger partial charge < -0.3 is 5.73 Å². The van der Waals surface area contributed by atoms with E-state index in [1.807, 2.05) is 13.2 Å². The molecule has 1 atom stereocenters. The molecule has 7 heteroatoms. The Hall–Kier alpha value is -0.240. The van der Waals surface area contributed by atoms with Gasteiger partial charge in [-0.1, -0.05) is 6.92 Å². The first-order chi connectivity index (χ1) is 8.84. The molecule has 2 N–H and O–H groups in total. The Morgan fingerprint density at radius 2 is 2.11 bits per heavy atom. The summed E-state index contributed by atoms with van der Waals surface area (Å²) in [5, 5.41) is 0. The van der Waals surface area contributed by atoms with Crippen LogP contribution >= 0.6 is 27.7 Å². The lowest BCUT2D eigenvalue weighted by molar-refractivity contribution is 0.385. The summed E-state index contributed by atoms with van der Waals surface area (Å²) in [5.41, 5.74) is 6.17. The van der Waals surface area contributed by atoms with Gasteiger partial charge in [0.2, 0.25) is 10.0 Å². The highest BCUT2D eigenvalue weighted by Gasteiger charge is 2.28. The topological polar surface area (TPSA) is 63.4 Å². The van der Waals surface area contributed by atoms with Crippen molar-refractivity contribution in [2.45, 2.75) is 24.3 Å². The molecule has 1 unspecified atom stereocenters. The summed E-state index contributed by atoms with van der Waals surface area (Å²) in [6.45, 7) is 1.99. The molecule has 0 spiro atoms. The largest absolute Gasteiger partial charge is 0.399 e. The SMILES string of the molecule is CCC(CSC)N(C)S(=O)(=O)c1ccc(N)cc1Br. The summed E-state index contributed by atoms with van der Waals surface area (Å²) >= 11 is 4.91. The fourth-order valence-electron chi connectivity index (χ4n) is 1.75. The maximum absolute atomic E-state index is 12.6. The van der Waals surface area contributed by atoms with Crippen LogP contribution in [0.5, 0.6) is 0 Å². The molecule has 108 valence electrons. The monoisotopic (exact) mass is 366 g/mol. The van der Waals surface area contributed by atoms with Gasteiger partial charge in [-0.2, -0.15) is 16.1 Å². The predicted molar refractivity (Wildman–Crippen MR) is 86.0 cm³/mol. The number of halogens is 1. The minimum atomic E-state index is -3.50. The van der Waals surface area contributed by atoms with Gasteiger partial charge in [-0.3, -0.25) is 0 Å². The van der Waals surface area contributed by atoms with Crippen molar-refractivity contribution in [1.29, 1.82) is 0 Å². The standard InChI is InChI=1S/C12H19BrN2O2S2/c1-4-10(8-18-3)15(2)19(16,17)12-6-5-9(14)7-11(12)13/h5-7,10H,4,8,14H2,1-3H3. The van der Waals surface area contributed by atoms with Gasteiger partial charge in [-0.25, -0.2) is 8.42 Å². The number of nitrogen functional groups attached to an aromatic ring is 1. The minimum absolute atomic E-state index is 0.00977. The van der Waals surface area contributed by atoms with E-state index in [1.165, 1.54) is 10.4 Å². The molecule has 0 aromatic heterocycles. The third-order valence-electron chi connectivity index (χ3n) is 2.96. The second-order valence-corrected chi connectivity index (χ2v) is 7.96. The number of sulfonamides is 1. The number of nitrogens with zero attached hydrogens (tertiary/aromatic N) is 1. The van der Waals surface area contributed by atoms with E-state index in [4.69, 9.17) is 5.73 Å². The molecule has 1 aromatic carbocycles. The van der Waals surface area contributed by atoms with Crippen molar-refractivity contribution in [2.24, 2.45) is 0 Å². The third-order valence-corrected chi connectivity index (χ3v) is 6.56. The molecule has 0 aliphatic carbocycles. The van der Waals surface area contributed by atoms with E-state index < -0.39 is 10.0 Å². The predicted octanol–water partition coefficient (Wildman–Crippen LogP) is 2.79. The maximum atomic E-state index is 12.6. The van der Waals surface area contributed by atoms with Crippen molar-refractivity contribution in [3.05, 3.63) is 22.7 Å². The Kier molecular flexibility index (Phi) is 6.16. The van der Waals surface area contributed by atoms with Crippen LogP contribution in [0.2, 0.25) is 0 Å². The van der Waals surface area contributed by atoms with E-state index in [9.17, 15) is 8.42 Å². The quantitative estimate of drug-likeness (QED) is 0.786. The molecule has 0 amide bonds. The average Bonchev–Trinajstić information content (AvgIpc) is 2.34. The summed E-state index contributed by atoms with van der Waals surface area (Å²) in [4.78, 5) is 0.253. The number of thioether (sulfide) groups is 1. The molecule has 0 saturated heterocycles. The van der Waals surface area contributed by atoms with Gasteiger partial charge in [-0.15, -0.1) is 0 Å². The summed E-state index contributed by atoms with van der Waals surface area (Å²) < 4.78 is 27.1. The van der Waals surface area contributed by atoms with Crippen molar-refractivity contribution >= 4 is 43.4 Å². The van der Waals surface area contributed by atoms with E-state index >= 15 is 0 Å². The maximum Gasteiger partial charge on any atom is 0.244 e. The first-order valence-electron chi connectivity index (χ1n) is 5.86. The molecule has 0 bridgehead atoms. The first-order valence-corrected chi connectivity index (χ1v) is 9.49. The minimum Gasteiger partial charge on any atom is -0.399 e. The summed E-state index contributed by atoms with van der Waals surface area (Å²) in [7, 11) is -1.87. The van der Waals surface area contributed by atoms with Crippen LogP contribution in [-0.2, 0) is 10.0 Å². The van der Waals surface area contributed by atoms with Gasteiger partial charge in [-0.05, 0) is 46.8 Å². The van der Waals surface area contributed by atoms with E-state index in [0.717, 1.165) is 12.2 Å². The van der Waals surface area contributed by atoms with Crippen LogP contribution in [0.25, 0.3) is 0 Å². The lowest BCUT2D eigenvalue weighted by Gasteiger charge is -2.26. The summed E-state index contributed by atoms with van der Waals surface area (Å²) in [6, 6.07) is 4.73. The normalized spacial score (nSPS) is 13.7. The highest BCUT2D eigenvalue weighted by atomic mass is 79.9. The lowest BCUT2D eigenvalue weighted by Crippen LogP contribution is -2.38. The van der Waals surface area contributed by atoms with Crippen molar-refractivity contribution in [1.82, 2.24) is 4.31 Å². The molecule has 0 fully saturated rings. The number of benzene rings is 1. The Balaban J connectivity index is 3.15. The first kappa shape index (κ1) is 16.8. The summed E-state index contributed by atoms with van der Waals surface area (Å²) in [6.07, 6.45) is 2.76. The fourth-order valence-corrected chi connectivity index (χ4v) is 5.17. The molecule has 1 aromatic rings. The molecule has 0 saturated carbocycles. The van der Waals surface area contributed by atoms with Crippen LogP contribution in [0.1, 0.15) is 13.3 Å². The van der Waals surface area contributed by atoms with Gasteiger partial charge in [0.25, 0.3) is 0 Å². The number of rotatable bonds is 6. The molecule has 0 radical (unpaired) electrons. The molecular formula is C12H19BrN2O2S2. The lowest BCUT2D eigenvalue weighted by atomic mass is 10.3. The van der Waals surface area contributed by atoms with Crippen LogP contribution < -0.4 is 5.73 Å². The third kappa shape index (κ3) is 3.87. The average molecular weight is 367 g/mol. The molecule has 0 aliphatic rings. The fraction of sp³-hybridized carbons (Fsp3) is 0.500. The van der Waals surface area contributed by atoms with Crippen LogP contribution in [-0.4, -0.2) is 37.8 Å². The van der Waals surface area contributed by atoms with Crippen LogP contribution in [0.4, 0.5) is 5.69 Å². The number of nitrogens with two attached hydrogens (primary N) is 1. The molecule has 0 heterocycles. The highest BCUT2D eigenvalue weighted by molar-refractivity contribution is 9.10. The molecule has 19 heavy (non-hydrogen) atoms. The van der Waals surface area contributed by atoms with Crippen molar-refractivity contribution in [3.8, 4) is 0 Å². The molecule has 1 rings (SSSR count). The number of hydrogen-bond acceptors (Lipinski definition) is 4. The van der Waals surface area contributed by atoms with Gasteiger partial charge in [0, 0.05) is 29.0 Å². The Labute approximate surface area is 127 Å². The van der Waals surface area contributed by atoms with E-state index in [-0.39, 0.29) is 10.9 Å². The second kappa shape index (κ2) is 6.97. The van der Waals surface area contributed by atoms with Gasteiger partial charge in [0.15, 0.2) is 0 Å². The van der Waals surface area contributed by atoms with Gasteiger partial charge in [0.1, 0.15) is 0 Å². The zero-order valence-electron chi connectivity index (χ0n) is 11.3. The molecular weight excluding hydrogens is 348 g/mol. The van der Waals surface area contributed by atoms with E-state index in [1.54, 1.807) is 30.9 Å². The van der Waals surface area contributed by atoms with Gasteiger partial charge in [0.05, 0.1) is 4.90 Å². The zero-order chi connectivity index (χ0) is 14.6. The van der Waals surface area contributed by atoms with E-state index in [0.29, 0.717) is 10.2 Å². The van der Waals surface area contributed by atoms with E-state index in [2.05, 4.69) is 15.9 Å². The van der Waals surface area contributed by atoms with Gasteiger partial charge >= 0.3 is 0 Å². The number of anilines is 1. The van der Waals surface area contributed by atoms with Crippen molar-refractivity contribution in [3.63, 3.8) is 0 Å². The smallest absolute Gasteiger partial charge is 0.244 e. The van der Waals surface area contributed by atoms with Crippen LogP contribution in [0, 0.1) is 0 Å². The highest BCUT2D eigenvalue weighted by Crippen LogP contribution is 2.28. The molecule has 4 nitrogen and oxygen atoms in total. The van der Waals surface area contributed by atoms with Crippen LogP contribution in [0.3, 0.4) is 0 Å². The van der Waals surface area contributed by atoms with Crippen molar-refractivity contribution in [2.75, 3.05) is 24.8 Å². The summed E-state index contributed by atoms with van der Waals surface area (Å²) in [5.74, 6) is 0.777. The Morgan fingerprint density at radius 3 is 2.58 bits per heavy atom. The molecule has 0 aliphatic heterocycles. The second-order valence-electron chi connectivity index (χ2n) is 4.23. The Bertz CT molecular complexity index is 535. The Morgan fingerprint density at radius 1 is 1.47 bits per heavy atom.